The Balaban J connectivity index is 1.63. The summed E-state index contributed by atoms with van der Waals surface area (Å²) in [6.45, 7) is 4.98. The van der Waals surface area contributed by atoms with Crippen LogP contribution in [0.1, 0.15) is 44.7 Å². The molecule has 2 aromatic carbocycles. The van der Waals surface area contributed by atoms with Gasteiger partial charge in [-0.15, -0.1) is 0 Å². The van der Waals surface area contributed by atoms with Gasteiger partial charge in [-0.05, 0) is 55.0 Å². The molecule has 0 unspecified atom stereocenters. The van der Waals surface area contributed by atoms with Gasteiger partial charge in [-0.25, -0.2) is 8.42 Å². The molecule has 7 heteroatoms. The summed E-state index contributed by atoms with van der Waals surface area (Å²) in [6, 6.07) is 16.2. The van der Waals surface area contributed by atoms with E-state index in [4.69, 9.17) is 4.74 Å². The third-order valence-electron chi connectivity index (χ3n) is 5.75. The van der Waals surface area contributed by atoms with Crippen molar-refractivity contribution in [1.82, 2.24) is 9.62 Å². The molecule has 3 rings (SSSR count). The van der Waals surface area contributed by atoms with Crippen LogP contribution >= 0.6 is 0 Å². The highest BCUT2D eigenvalue weighted by atomic mass is 32.2. The standard InChI is InChI=1S/C24H32N2O4S/c1-18(2)17-23(19-9-11-21(30-3)12-10-19)25-24(27)20-13-15-26(16-14-20)31(28,29)22-7-5-4-6-8-22/h4-12,18,20,23H,13-17H2,1-3H3,(H,25,27)/t23-/m0/s1. The van der Waals surface area contributed by atoms with E-state index in [1.54, 1.807) is 37.4 Å². The Morgan fingerprint density at radius 2 is 1.68 bits per heavy atom. The minimum atomic E-state index is -3.51. The molecule has 1 atom stereocenters. The minimum Gasteiger partial charge on any atom is -0.497 e. The summed E-state index contributed by atoms with van der Waals surface area (Å²) in [4.78, 5) is 13.3. The number of amides is 1. The first kappa shape index (κ1) is 23.3. The second kappa shape index (κ2) is 10.3. The first-order valence-corrected chi connectivity index (χ1v) is 12.2. The monoisotopic (exact) mass is 444 g/mol. The summed E-state index contributed by atoms with van der Waals surface area (Å²) in [5.41, 5.74) is 1.05. The zero-order chi connectivity index (χ0) is 22.4. The number of ether oxygens (including phenoxy) is 1. The number of rotatable bonds is 8. The fraction of sp³-hybridized carbons (Fsp3) is 0.458. The van der Waals surface area contributed by atoms with Crippen molar-refractivity contribution in [2.24, 2.45) is 11.8 Å². The predicted molar refractivity (Wildman–Crippen MR) is 121 cm³/mol. The minimum absolute atomic E-state index is 0.00164. The number of nitrogens with one attached hydrogen (secondary N) is 1. The number of hydrogen-bond acceptors (Lipinski definition) is 4. The average molecular weight is 445 g/mol. The number of hydrogen-bond donors (Lipinski definition) is 1. The van der Waals surface area contributed by atoms with Gasteiger partial charge in [0.25, 0.3) is 0 Å². The predicted octanol–water partition coefficient (Wildman–Crippen LogP) is 4.00. The van der Waals surface area contributed by atoms with E-state index in [0.717, 1.165) is 17.7 Å². The Labute approximate surface area is 185 Å². The molecule has 0 aromatic heterocycles. The zero-order valence-corrected chi connectivity index (χ0v) is 19.3. The highest BCUT2D eigenvalue weighted by Gasteiger charge is 2.32. The van der Waals surface area contributed by atoms with Crippen LogP contribution in [0.4, 0.5) is 0 Å². The van der Waals surface area contributed by atoms with Gasteiger partial charge in [0.1, 0.15) is 5.75 Å². The van der Waals surface area contributed by atoms with Crippen LogP contribution in [0.3, 0.4) is 0 Å². The SMILES string of the molecule is COc1ccc([C@H](CC(C)C)NC(=O)C2CCN(S(=O)(=O)c3ccccc3)CC2)cc1. The van der Waals surface area contributed by atoms with Crippen LogP contribution in [-0.2, 0) is 14.8 Å². The summed E-state index contributed by atoms with van der Waals surface area (Å²) < 4.78 is 32.4. The van der Waals surface area contributed by atoms with Crippen molar-refractivity contribution in [3.8, 4) is 5.75 Å². The molecular weight excluding hydrogens is 412 g/mol. The van der Waals surface area contributed by atoms with Gasteiger partial charge in [0.05, 0.1) is 18.0 Å². The van der Waals surface area contributed by atoms with Gasteiger partial charge < -0.3 is 10.1 Å². The van der Waals surface area contributed by atoms with Gasteiger partial charge in [-0.1, -0.05) is 44.2 Å². The number of carbonyl (C=O) groups is 1. The quantitative estimate of drug-likeness (QED) is 0.668. The Morgan fingerprint density at radius 1 is 1.06 bits per heavy atom. The second-order valence-corrected chi connectivity index (χ2v) is 10.4. The summed E-state index contributed by atoms with van der Waals surface area (Å²) >= 11 is 0. The third-order valence-corrected chi connectivity index (χ3v) is 7.66. The molecule has 0 bridgehead atoms. The van der Waals surface area contributed by atoms with Crippen LogP contribution < -0.4 is 10.1 Å². The molecule has 1 heterocycles. The van der Waals surface area contributed by atoms with E-state index < -0.39 is 10.0 Å². The molecule has 168 valence electrons. The smallest absolute Gasteiger partial charge is 0.243 e. The van der Waals surface area contributed by atoms with Gasteiger partial charge in [0, 0.05) is 19.0 Å². The molecule has 6 nitrogen and oxygen atoms in total. The fourth-order valence-electron chi connectivity index (χ4n) is 3.98. The molecule has 31 heavy (non-hydrogen) atoms. The van der Waals surface area contributed by atoms with Crippen molar-refractivity contribution in [3.63, 3.8) is 0 Å². The molecule has 1 saturated heterocycles. The van der Waals surface area contributed by atoms with Gasteiger partial charge in [-0.2, -0.15) is 4.31 Å². The lowest BCUT2D eigenvalue weighted by molar-refractivity contribution is -0.127. The molecular formula is C24H32N2O4S. The van der Waals surface area contributed by atoms with Gasteiger partial charge in [0.15, 0.2) is 0 Å². The van der Waals surface area contributed by atoms with E-state index in [2.05, 4.69) is 19.2 Å². The topological polar surface area (TPSA) is 75.7 Å². The first-order chi connectivity index (χ1) is 14.8. The summed E-state index contributed by atoms with van der Waals surface area (Å²) in [6.07, 6.45) is 1.88. The highest BCUT2D eigenvalue weighted by molar-refractivity contribution is 7.89. The lowest BCUT2D eigenvalue weighted by atomic mass is 9.93. The molecule has 0 radical (unpaired) electrons. The Kier molecular flexibility index (Phi) is 7.73. The number of sulfonamides is 1. The lowest BCUT2D eigenvalue weighted by Gasteiger charge is -2.32. The van der Waals surface area contributed by atoms with Crippen LogP contribution in [0.2, 0.25) is 0 Å². The van der Waals surface area contributed by atoms with Crippen LogP contribution in [0.5, 0.6) is 5.75 Å². The van der Waals surface area contributed by atoms with Crippen LogP contribution in [0, 0.1) is 11.8 Å². The maximum atomic E-state index is 13.0. The van der Waals surface area contributed by atoms with Crippen LogP contribution in [-0.4, -0.2) is 38.8 Å². The van der Waals surface area contributed by atoms with Crippen molar-refractivity contribution in [2.75, 3.05) is 20.2 Å². The molecule has 1 aliphatic heterocycles. The first-order valence-electron chi connectivity index (χ1n) is 10.8. The summed E-state index contributed by atoms with van der Waals surface area (Å²) in [7, 11) is -1.88. The molecule has 1 fully saturated rings. The number of methoxy groups -OCH3 is 1. The Hall–Kier alpha value is -2.38. The Bertz CT molecular complexity index is 951. The fourth-order valence-corrected chi connectivity index (χ4v) is 5.47. The van der Waals surface area contributed by atoms with Gasteiger partial charge >= 0.3 is 0 Å². The van der Waals surface area contributed by atoms with E-state index in [-0.39, 0.29) is 17.9 Å². The van der Waals surface area contributed by atoms with Crippen molar-refractivity contribution < 1.29 is 17.9 Å². The average Bonchev–Trinajstić information content (AvgIpc) is 2.79. The van der Waals surface area contributed by atoms with E-state index in [0.29, 0.717) is 36.7 Å². The largest absolute Gasteiger partial charge is 0.497 e. The zero-order valence-electron chi connectivity index (χ0n) is 18.5. The molecule has 1 aliphatic rings. The molecule has 0 aliphatic carbocycles. The van der Waals surface area contributed by atoms with Gasteiger partial charge in [0.2, 0.25) is 15.9 Å². The van der Waals surface area contributed by atoms with Crippen molar-refractivity contribution in [3.05, 3.63) is 60.2 Å². The van der Waals surface area contributed by atoms with E-state index >= 15 is 0 Å². The van der Waals surface area contributed by atoms with Crippen molar-refractivity contribution in [2.45, 2.75) is 44.0 Å². The summed E-state index contributed by atoms with van der Waals surface area (Å²) in [5.74, 6) is 1.02. The molecule has 2 aromatic rings. The second-order valence-electron chi connectivity index (χ2n) is 8.46. The number of piperidine rings is 1. The van der Waals surface area contributed by atoms with Crippen LogP contribution in [0.25, 0.3) is 0 Å². The number of nitrogens with zero attached hydrogens (tertiary/aromatic N) is 1. The van der Waals surface area contributed by atoms with Gasteiger partial charge in [-0.3, -0.25) is 4.79 Å². The van der Waals surface area contributed by atoms with E-state index in [1.807, 2.05) is 24.3 Å². The Morgan fingerprint density at radius 3 is 2.23 bits per heavy atom. The third kappa shape index (κ3) is 5.86. The maximum absolute atomic E-state index is 13.0. The molecule has 1 amide bonds. The number of carbonyl (C=O) groups excluding carboxylic acids is 1. The molecule has 0 spiro atoms. The lowest BCUT2D eigenvalue weighted by Crippen LogP contribution is -2.43. The molecule has 1 N–H and O–H groups in total. The molecule has 0 saturated carbocycles. The van der Waals surface area contributed by atoms with Crippen molar-refractivity contribution >= 4 is 15.9 Å². The van der Waals surface area contributed by atoms with Crippen LogP contribution in [0.15, 0.2) is 59.5 Å². The van der Waals surface area contributed by atoms with Crippen molar-refractivity contribution in [1.29, 1.82) is 0 Å². The van der Waals surface area contributed by atoms with E-state index in [1.165, 1.54) is 4.31 Å². The highest BCUT2D eigenvalue weighted by Crippen LogP contribution is 2.27. The number of benzene rings is 2. The maximum Gasteiger partial charge on any atom is 0.243 e. The summed E-state index contributed by atoms with van der Waals surface area (Å²) in [5, 5.41) is 3.21. The normalized spacial score (nSPS) is 16.8. The van der Waals surface area contributed by atoms with E-state index in [9.17, 15) is 13.2 Å².